The lowest BCUT2D eigenvalue weighted by atomic mass is 9.80. The van der Waals surface area contributed by atoms with E-state index in [1.165, 1.54) is 19.3 Å². The van der Waals surface area contributed by atoms with Gasteiger partial charge < -0.3 is 15.0 Å². The number of ether oxygens (including phenoxy) is 1. The van der Waals surface area contributed by atoms with Crippen molar-refractivity contribution in [1.82, 2.24) is 15.2 Å². The molecule has 0 unspecified atom stereocenters. The summed E-state index contributed by atoms with van der Waals surface area (Å²) in [6.45, 7) is 0.617. The molecule has 1 aliphatic carbocycles. The van der Waals surface area contributed by atoms with Crippen LogP contribution in [0.1, 0.15) is 32.1 Å². The van der Waals surface area contributed by atoms with Crippen molar-refractivity contribution < 1.29 is 9.53 Å². The fourth-order valence-corrected chi connectivity index (χ4v) is 4.90. The van der Waals surface area contributed by atoms with Gasteiger partial charge in [-0.25, -0.2) is 0 Å². The number of carbonyl (C=O) groups excluding carboxylic acids is 1. The third kappa shape index (κ3) is 4.66. The largest absolute Gasteiger partial charge is 0.480 e. The zero-order chi connectivity index (χ0) is 19.4. The topological polar surface area (TPSA) is 54.5 Å². The zero-order valence-electron chi connectivity index (χ0n) is 15.7. The molecule has 146 valence electrons. The molecule has 1 amide bonds. The Balaban J connectivity index is 1.65. The number of likely N-dealkylation sites (N-methyl/N-ethyl adjacent to an activating group) is 1. The van der Waals surface area contributed by atoms with Crippen molar-refractivity contribution >= 4 is 51.0 Å². The lowest BCUT2D eigenvalue weighted by Gasteiger charge is -2.43. The van der Waals surface area contributed by atoms with Crippen molar-refractivity contribution in [2.75, 3.05) is 27.2 Å². The third-order valence-electron chi connectivity index (χ3n) is 5.45. The molecule has 0 saturated heterocycles. The highest BCUT2D eigenvalue weighted by Crippen LogP contribution is 2.35. The second-order valence-electron chi connectivity index (χ2n) is 7.31. The summed E-state index contributed by atoms with van der Waals surface area (Å²) in [5, 5.41) is 4.52. The number of fused-ring (bicyclic) bond motifs is 1. The Morgan fingerprint density at radius 1 is 1.37 bits per heavy atom. The van der Waals surface area contributed by atoms with Gasteiger partial charge in [0.15, 0.2) is 12.4 Å². The smallest absolute Gasteiger partial charge is 0.258 e. The van der Waals surface area contributed by atoms with Gasteiger partial charge in [0.05, 0.1) is 8.59 Å². The van der Waals surface area contributed by atoms with Crippen LogP contribution in [-0.4, -0.2) is 48.6 Å². The molecule has 0 atom stereocenters. The van der Waals surface area contributed by atoms with Gasteiger partial charge in [0, 0.05) is 23.7 Å². The van der Waals surface area contributed by atoms with Gasteiger partial charge in [-0.1, -0.05) is 30.9 Å². The number of carbonyl (C=O) groups is 1. The lowest BCUT2D eigenvalue weighted by molar-refractivity contribution is -0.123. The monoisotopic (exact) mass is 501 g/mol. The molecular weight excluding hydrogens is 477 g/mol. The number of hydrogen-bond donors (Lipinski definition) is 1. The summed E-state index contributed by atoms with van der Waals surface area (Å²) < 4.78 is 6.69. The quantitative estimate of drug-likeness (QED) is 0.601. The summed E-state index contributed by atoms with van der Waals surface area (Å²) in [6.07, 6.45) is 7.64. The van der Waals surface area contributed by atoms with E-state index in [1.54, 1.807) is 6.20 Å². The Morgan fingerprint density at radius 2 is 2.11 bits per heavy atom. The SMILES string of the molecule is CN(C)C1(CNC(=O)COc2c(I)cc(Cl)c3cccnc23)CCCCC1. The van der Waals surface area contributed by atoms with Crippen molar-refractivity contribution in [2.45, 2.75) is 37.6 Å². The number of benzene rings is 1. The molecule has 1 fully saturated rings. The second kappa shape index (κ2) is 8.92. The van der Waals surface area contributed by atoms with Crippen LogP contribution >= 0.6 is 34.2 Å². The van der Waals surface area contributed by atoms with E-state index in [0.717, 1.165) is 21.8 Å². The van der Waals surface area contributed by atoms with Gasteiger partial charge in [0.2, 0.25) is 0 Å². The Labute approximate surface area is 178 Å². The Hall–Kier alpha value is -1.12. The van der Waals surface area contributed by atoms with Gasteiger partial charge in [-0.05, 0) is 67.7 Å². The standard InChI is InChI=1S/C20H25ClIN3O2/c1-25(2)20(8-4-3-5-9-20)13-24-17(26)12-27-19-16(22)11-15(21)14-7-6-10-23-18(14)19/h6-7,10-11H,3-5,8-9,12-13H2,1-2H3,(H,24,26). The molecule has 27 heavy (non-hydrogen) atoms. The predicted octanol–water partition coefficient (Wildman–Crippen LogP) is 4.25. The van der Waals surface area contributed by atoms with Crippen LogP contribution in [-0.2, 0) is 4.79 Å². The van der Waals surface area contributed by atoms with Crippen LogP contribution < -0.4 is 10.1 Å². The molecule has 3 rings (SSSR count). The molecule has 0 radical (unpaired) electrons. The van der Waals surface area contributed by atoms with Crippen LogP contribution in [0.25, 0.3) is 10.9 Å². The first-order valence-corrected chi connectivity index (χ1v) is 10.7. The first-order chi connectivity index (χ1) is 12.9. The molecule has 0 aliphatic heterocycles. The molecular formula is C20H25ClIN3O2. The number of pyridine rings is 1. The normalized spacial score (nSPS) is 16.5. The molecule has 5 nitrogen and oxygen atoms in total. The molecule has 0 bridgehead atoms. The Morgan fingerprint density at radius 3 is 2.81 bits per heavy atom. The Kier molecular flexibility index (Phi) is 6.81. The van der Waals surface area contributed by atoms with Gasteiger partial charge in [-0.3, -0.25) is 9.78 Å². The minimum Gasteiger partial charge on any atom is -0.480 e. The van der Waals surface area contributed by atoms with E-state index in [0.29, 0.717) is 22.8 Å². The second-order valence-corrected chi connectivity index (χ2v) is 8.88. The number of aromatic nitrogens is 1. The summed E-state index contributed by atoms with van der Waals surface area (Å²) in [7, 11) is 4.20. The Bertz CT molecular complexity index is 822. The van der Waals surface area contributed by atoms with Crippen LogP contribution in [0.4, 0.5) is 0 Å². The summed E-state index contributed by atoms with van der Waals surface area (Å²) in [5.41, 5.74) is 0.732. The summed E-state index contributed by atoms with van der Waals surface area (Å²) in [4.78, 5) is 19.1. The van der Waals surface area contributed by atoms with E-state index < -0.39 is 0 Å². The maximum Gasteiger partial charge on any atom is 0.258 e. The van der Waals surface area contributed by atoms with Crippen LogP contribution in [0, 0.1) is 3.57 Å². The molecule has 1 aromatic heterocycles. The first-order valence-electron chi connectivity index (χ1n) is 9.23. The lowest BCUT2D eigenvalue weighted by Crippen LogP contribution is -2.54. The molecule has 1 aromatic carbocycles. The van der Waals surface area contributed by atoms with E-state index >= 15 is 0 Å². The van der Waals surface area contributed by atoms with E-state index in [9.17, 15) is 4.79 Å². The van der Waals surface area contributed by atoms with Crippen molar-refractivity contribution in [3.05, 3.63) is 33.0 Å². The zero-order valence-corrected chi connectivity index (χ0v) is 18.6. The number of nitrogens with zero attached hydrogens (tertiary/aromatic N) is 2. The van der Waals surface area contributed by atoms with E-state index in [1.807, 2.05) is 18.2 Å². The highest BCUT2D eigenvalue weighted by Gasteiger charge is 2.34. The van der Waals surface area contributed by atoms with Crippen LogP contribution in [0.2, 0.25) is 5.02 Å². The highest BCUT2D eigenvalue weighted by molar-refractivity contribution is 14.1. The van der Waals surface area contributed by atoms with Gasteiger partial charge >= 0.3 is 0 Å². The molecule has 7 heteroatoms. The number of nitrogens with one attached hydrogen (secondary N) is 1. The molecule has 0 spiro atoms. The van der Waals surface area contributed by atoms with Crippen molar-refractivity contribution in [3.8, 4) is 5.75 Å². The van der Waals surface area contributed by atoms with Gasteiger partial charge in [-0.2, -0.15) is 0 Å². The number of amides is 1. The summed E-state index contributed by atoms with van der Waals surface area (Å²) in [5.74, 6) is 0.488. The number of halogens is 2. The predicted molar refractivity (Wildman–Crippen MR) is 117 cm³/mol. The molecule has 1 aliphatic rings. The highest BCUT2D eigenvalue weighted by atomic mass is 127. The maximum atomic E-state index is 12.4. The fourth-order valence-electron chi connectivity index (χ4n) is 3.73. The molecule has 2 aromatic rings. The van der Waals surface area contributed by atoms with Gasteiger partial charge in [-0.15, -0.1) is 0 Å². The summed E-state index contributed by atoms with van der Waals surface area (Å²) >= 11 is 8.45. The van der Waals surface area contributed by atoms with Crippen molar-refractivity contribution in [1.29, 1.82) is 0 Å². The maximum absolute atomic E-state index is 12.4. The molecule has 1 saturated carbocycles. The third-order valence-corrected chi connectivity index (χ3v) is 6.56. The van der Waals surface area contributed by atoms with Crippen LogP contribution in [0.15, 0.2) is 24.4 Å². The molecule has 1 heterocycles. The van der Waals surface area contributed by atoms with Crippen molar-refractivity contribution in [3.63, 3.8) is 0 Å². The number of rotatable bonds is 6. The number of hydrogen-bond acceptors (Lipinski definition) is 4. The van der Waals surface area contributed by atoms with E-state index in [2.05, 4.69) is 51.9 Å². The summed E-state index contributed by atoms with van der Waals surface area (Å²) in [6, 6.07) is 5.57. The van der Waals surface area contributed by atoms with E-state index in [-0.39, 0.29) is 18.1 Å². The fraction of sp³-hybridized carbons (Fsp3) is 0.500. The minimum atomic E-state index is -0.114. The van der Waals surface area contributed by atoms with Gasteiger partial charge in [0.25, 0.3) is 5.91 Å². The van der Waals surface area contributed by atoms with Gasteiger partial charge in [0.1, 0.15) is 5.52 Å². The van der Waals surface area contributed by atoms with Crippen molar-refractivity contribution in [2.24, 2.45) is 0 Å². The van der Waals surface area contributed by atoms with Crippen LogP contribution in [0.5, 0.6) is 5.75 Å². The first kappa shape index (κ1) is 20.6. The van der Waals surface area contributed by atoms with E-state index in [4.69, 9.17) is 16.3 Å². The average molecular weight is 502 g/mol. The molecule has 1 N–H and O–H groups in total. The average Bonchev–Trinajstić information content (AvgIpc) is 2.67. The van der Waals surface area contributed by atoms with Crippen LogP contribution in [0.3, 0.4) is 0 Å². The minimum absolute atomic E-state index is 0.0349.